The predicted octanol–water partition coefficient (Wildman–Crippen LogP) is 3.62. The third-order valence-electron chi connectivity index (χ3n) is 3.10. The minimum atomic E-state index is -0.0916. The molecule has 4 nitrogen and oxygen atoms in total. The summed E-state index contributed by atoms with van der Waals surface area (Å²) in [7, 11) is 0. The number of carbonyl (C=O) groups is 2. The van der Waals surface area contributed by atoms with Crippen molar-refractivity contribution in [3.05, 3.63) is 46.5 Å². The fraction of sp³-hybridized carbons (Fsp3) is 0.312. The Hall–Kier alpha value is -2.01. The van der Waals surface area contributed by atoms with Crippen LogP contribution >= 0.6 is 11.3 Å². The van der Waals surface area contributed by atoms with E-state index in [1.165, 1.54) is 29.4 Å². The normalized spacial score (nSPS) is 10.4. The summed E-state index contributed by atoms with van der Waals surface area (Å²) in [6.07, 6.45) is 2.12. The van der Waals surface area contributed by atoms with E-state index >= 15 is 0 Å². The first-order valence-electron chi connectivity index (χ1n) is 6.86. The number of carbonyl (C=O) groups excluding carboxylic acids is 2. The molecule has 0 saturated carbocycles. The molecule has 1 aromatic carbocycles. The molecule has 2 aromatic rings. The number of aromatic nitrogens is 1. The van der Waals surface area contributed by atoms with E-state index in [-0.39, 0.29) is 11.7 Å². The molecule has 0 radical (unpaired) electrons. The van der Waals surface area contributed by atoms with E-state index in [4.69, 9.17) is 0 Å². The Kier molecular flexibility index (Phi) is 5.22. The van der Waals surface area contributed by atoms with Crippen molar-refractivity contribution in [2.24, 2.45) is 0 Å². The highest BCUT2D eigenvalue weighted by molar-refractivity contribution is 7.14. The van der Waals surface area contributed by atoms with Crippen LogP contribution in [0.2, 0.25) is 0 Å². The highest BCUT2D eigenvalue weighted by atomic mass is 32.1. The number of thiazole rings is 1. The van der Waals surface area contributed by atoms with Crippen LogP contribution in [0.1, 0.15) is 41.4 Å². The molecule has 2 rings (SSSR count). The zero-order valence-electron chi connectivity index (χ0n) is 12.2. The molecule has 0 fully saturated rings. The average Bonchev–Trinajstić information content (AvgIpc) is 2.90. The minimum Gasteiger partial charge on any atom is -0.302 e. The summed E-state index contributed by atoms with van der Waals surface area (Å²) < 4.78 is 0. The SMILES string of the molecule is CC(=O)c1csc(NC(=O)CCCc2ccc(C)cc2)n1. The molecule has 1 heterocycles. The first-order chi connectivity index (χ1) is 10.0. The fourth-order valence-electron chi connectivity index (χ4n) is 1.88. The number of amides is 1. The molecule has 0 spiro atoms. The molecule has 0 aliphatic carbocycles. The topological polar surface area (TPSA) is 59.1 Å². The Balaban J connectivity index is 1.76. The third-order valence-corrected chi connectivity index (χ3v) is 3.86. The van der Waals surface area contributed by atoms with Gasteiger partial charge in [0.1, 0.15) is 5.69 Å². The minimum absolute atomic E-state index is 0.0634. The summed E-state index contributed by atoms with van der Waals surface area (Å²) in [5.41, 5.74) is 2.87. The van der Waals surface area contributed by atoms with Crippen molar-refractivity contribution in [2.45, 2.75) is 33.1 Å². The summed E-state index contributed by atoms with van der Waals surface area (Å²) in [5.74, 6) is -0.155. The Morgan fingerprint density at radius 2 is 1.95 bits per heavy atom. The van der Waals surface area contributed by atoms with E-state index in [0.717, 1.165) is 12.8 Å². The Morgan fingerprint density at radius 3 is 2.57 bits per heavy atom. The molecule has 0 aliphatic rings. The van der Waals surface area contributed by atoms with Crippen LogP contribution in [0.25, 0.3) is 0 Å². The molecule has 0 bridgehead atoms. The number of nitrogens with one attached hydrogen (secondary N) is 1. The number of benzene rings is 1. The van der Waals surface area contributed by atoms with Gasteiger partial charge in [0, 0.05) is 18.7 Å². The standard InChI is InChI=1S/C16H18N2O2S/c1-11-6-8-13(9-7-11)4-3-5-15(20)18-16-17-14(10-21-16)12(2)19/h6-10H,3-5H2,1-2H3,(H,17,18,20). The van der Waals surface area contributed by atoms with Gasteiger partial charge in [0.15, 0.2) is 10.9 Å². The number of ketones is 1. The lowest BCUT2D eigenvalue weighted by Crippen LogP contribution is -2.11. The number of hydrogen-bond acceptors (Lipinski definition) is 4. The molecule has 21 heavy (non-hydrogen) atoms. The van der Waals surface area contributed by atoms with E-state index < -0.39 is 0 Å². The van der Waals surface area contributed by atoms with Crippen molar-refractivity contribution in [1.82, 2.24) is 4.98 Å². The number of nitrogens with zero attached hydrogens (tertiary/aromatic N) is 1. The van der Waals surface area contributed by atoms with Gasteiger partial charge in [0.25, 0.3) is 0 Å². The van der Waals surface area contributed by atoms with E-state index in [0.29, 0.717) is 17.2 Å². The molecule has 1 amide bonds. The largest absolute Gasteiger partial charge is 0.302 e. The van der Waals surface area contributed by atoms with Crippen LogP contribution < -0.4 is 5.32 Å². The lowest BCUT2D eigenvalue weighted by molar-refractivity contribution is -0.116. The van der Waals surface area contributed by atoms with Crippen LogP contribution in [0.15, 0.2) is 29.6 Å². The van der Waals surface area contributed by atoms with E-state index in [1.807, 2.05) is 0 Å². The van der Waals surface area contributed by atoms with Gasteiger partial charge in [-0.15, -0.1) is 11.3 Å². The monoisotopic (exact) mass is 302 g/mol. The lowest BCUT2D eigenvalue weighted by Gasteiger charge is -2.03. The van der Waals surface area contributed by atoms with Gasteiger partial charge in [0.2, 0.25) is 5.91 Å². The van der Waals surface area contributed by atoms with Crippen LogP contribution in [-0.4, -0.2) is 16.7 Å². The highest BCUT2D eigenvalue weighted by Gasteiger charge is 2.09. The maximum Gasteiger partial charge on any atom is 0.226 e. The first-order valence-corrected chi connectivity index (χ1v) is 7.74. The summed E-state index contributed by atoms with van der Waals surface area (Å²) >= 11 is 1.27. The average molecular weight is 302 g/mol. The van der Waals surface area contributed by atoms with Crippen molar-refractivity contribution in [2.75, 3.05) is 5.32 Å². The maximum atomic E-state index is 11.8. The van der Waals surface area contributed by atoms with Crippen LogP contribution in [-0.2, 0) is 11.2 Å². The van der Waals surface area contributed by atoms with Crippen LogP contribution in [0.4, 0.5) is 5.13 Å². The number of Topliss-reactive ketones (excluding diaryl/α,β-unsaturated/α-hetero) is 1. The Bertz CT molecular complexity index is 632. The van der Waals surface area contributed by atoms with Crippen molar-refractivity contribution < 1.29 is 9.59 Å². The highest BCUT2D eigenvalue weighted by Crippen LogP contribution is 2.16. The quantitative estimate of drug-likeness (QED) is 0.829. The molecular formula is C16H18N2O2S. The summed E-state index contributed by atoms with van der Waals surface area (Å²) in [6, 6.07) is 8.34. The zero-order chi connectivity index (χ0) is 15.2. The van der Waals surface area contributed by atoms with Crippen molar-refractivity contribution in [3.63, 3.8) is 0 Å². The van der Waals surface area contributed by atoms with Gasteiger partial charge in [-0.2, -0.15) is 0 Å². The van der Waals surface area contributed by atoms with Gasteiger partial charge < -0.3 is 5.32 Å². The first kappa shape index (κ1) is 15.4. The van der Waals surface area contributed by atoms with Crippen LogP contribution in [0.3, 0.4) is 0 Å². The van der Waals surface area contributed by atoms with Gasteiger partial charge in [-0.1, -0.05) is 29.8 Å². The third kappa shape index (κ3) is 4.79. The van der Waals surface area contributed by atoms with Crippen LogP contribution in [0, 0.1) is 6.92 Å². The smallest absolute Gasteiger partial charge is 0.226 e. The molecule has 1 N–H and O–H groups in total. The summed E-state index contributed by atoms with van der Waals surface area (Å²) in [5, 5.41) is 4.87. The van der Waals surface area contributed by atoms with Gasteiger partial charge in [-0.25, -0.2) is 4.98 Å². The molecule has 0 unspecified atom stereocenters. The van der Waals surface area contributed by atoms with Crippen molar-refractivity contribution in [3.8, 4) is 0 Å². The Morgan fingerprint density at radius 1 is 1.24 bits per heavy atom. The number of rotatable bonds is 6. The number of hydrogen-bond donors (Lipinski definition) is 1. The van der Waals surface area contributed by atoms with Gasteiger partial charge in [-0.05, 0) is 25.3 Å². The maximum absolute atomic E-state index is 11.8. The van der Waals surface area contributed by atoms with Crippen LogP contribution in [0.5, 0.6) is 0 Å². The second kappa shape index (κ2) is 7.13. The summed E-state index contributed by atoms with van der Waals surface area (Å²) in [4.78, 5) is 27.0. The van der Waals surface area contributed by atoms with Crippen molar-refractivity contribution in [1.29, 1.82) is 0 Å². The predicted molar refractivity (Wildman–Crippen MR) is 84.9 cm³/mol. The second-order valence-corrected chi connectivity index (χ2v) is 5.84. The Labute approximate surface area is 128 Å². The molecule has 1 aromatic heterocycles. The lowest BCUT2D eigenvalue weighted by atomic mass is 10.1. The molecular weight excluding hydrogens is 284 g/mol. The van der Waals surface area contributed by atoms with E-state index in [2.05, 4.69) is 41.5 Å². The molecule has 110 valence electrons. The molecule has 5 heteroatoms. The van der Waals surface area contributed by atoms with E-state index in [9.17, 15) is 9.59 Å². The molecule has 0 saturated heterocycles. The second-order valence-electron chi connectivity index (χ2n) is 4.98. The molecule has 0 aliphatic heterocycles. The van der Waals surface area contributed by atoms with Gasteiger partial charge in [0.05, 0.1) is 0 Å². The van der Waals surface area contributed by atoms with Crippen molar-refractivity contribution >= 4 is 28.2 Å². The molecule has 0 atom stereocenters. The fourth-order valence-corrected chi connectivity index (χ4v) is 2.65. The van der Waals surface area contributed by atoms with E-state index in [1.54, 1.807) is 5.38 Å². The van der Waals surface area contributed by atoms with Gasteiger partial charge >= 0.3 is 0 Å². The zero-order valence-corrected chi connectivity index (χ0v) is 13.0. The van der Waals surface area contributed by atoms with Gasteiger partial charge in [-0.3, -0.25) is 9.59 Å². The number of anilines is 1. The summed E-state index contributed by atoms with van der Waals surface area (Å²) in [6.45, 7) is 3.52. The number of aryl methyl sites for hydroxylation is 2.